The smallest absolute Gasteiger partial charge is 0.399 e. The lowest BCUT2D eigenvalue weighted by atomic mass is 9.93. The molecule has 1 aromatic carbocycles. The highest BCUT2D eigenvalue weighted by Crippen LogP contribution is 2.38. The van der Waals surface area contributed by atoms with Gasteiger partial charge in [0, 0.05) is 44.8 Å². The summed E-state index contributed by atoms with van der Waals surface area (Å²) in [6, 6.07) is 1.53. The van der Waals surface area contributed by atoms with Gasteiger partial charge < -0.3 is 9.74 Å². The third kappa shape index (κ3) is 5.30. The van der Waals surface area contributed by atoms with Crippen LogP contribution in [0.1, 0.15) is 38.2 Å². The summed E-state index contributed by atoms with van der Waals surface area (Å²) in [7, 11) is 3.61. The molecule has 14 heteroatoms. The van der Waals surface area contributed by atoms with E-state index in [-0.39, 0.29) is 15.9 Å². The van der Waals surface area contributed by atoms with E-state index in [0.29, 0.717) is 37.8 Å². The van der Waals surface area contributed by atoms with Crippen molar-refractivity contribution in [3.05, 3.63) is 38.2 Å². The Morgan fingerprint density at radius 3 is 2.56 bits per heavy atom. The number of nitrogens with zero attached hydrogens (tertiary/aromatic N) is 6. The van der Waals surface area contributed by atoms with Crippen molar-refractivity contribution in [3.8, 4) is 0 Å². The van der Waals surface area contributed by atoms with Gasteiger partial charge in [-0.3, -0.25) is 14.9 Å². The highest BCUT2D eigenvalue weighted by atomic mass is 32.1. The first-order chi connectivity index (χ1) is 17.0. The minimum absolute atomic E-state index is 0.0557. The van der Waals surface area contributed by atoms with Gasteiger partial charge in [-0.25, -0.2) is 10.0 Å². The first-order valence-corrected chi connectivity index (χ1v) is 12.3. The van der Waals surface area contributed by atoms with Crippen molar-refractivity contribution in [2.45, 2.75) is 50.9 Å². The molecule has 1 aliphatic heterocycles. The van der Waals surface area contributed by atoms with Crippen LogP contribution in [0, 0.1) is 10.1 Å². The summed E-state index contributed by atoms with van der Waals surface area (Å²) in [6.07, 6.45) is -1.14. The minimum Gasteiger partial charge on any atom is -0.399 e. The number of benzene rings is 1. The summed E-state index contributed by atoms with van der Waals surface area (Å²) in [6.45, 7) is 3.71. The second kappa shape index (κ2) is 10.3. The molecule has 1 atom stereocenters. The number of nitro benzene ring substituents is 1. The number of piperazine rings is 1. The van der Waals surface area contributed by atoms with Crippen LogP contribution >= 0.6 is 11.3 Å². The second-order valence-corrected chi connectivity index (χ2v) is 10.0. The molecule has 4 rings (SSSR count). The third-order valence-electron chi connectivity index (χ3n) is 6.76. The maximum absolute atomic E-state index is 13.2. The Labute approximate surface area is 209 Å². The lowest BCUT2D eigenvalue weighted by Gasteiger charge is -2.47. The van der Waals surface area contributed by atoms with Crippen LogP contribution in [0.25, 0.3) is 10.1 Å². The zero-order valence-corrected chi connectivity index (χ0v) is 20.9. The highest BCUT2D eigenvalue weighted by molar-refractivity contribution is 7.22. The number of non-ortho nitro benzene ring substituents is 1. The Balaban J connectivity index is 1.54. The van der Waals surface area contributed by atoms with Gasteiger partial charge in [0.1, 0.15) is 11.8 Å². The average molecular weight is 529 g/mol. The Morgan fingerprint density at radius 2 is 1.97 bits per heavy atom. The number of rotatable bonds is 5. The van der Waals surface area contributed by atoms with Gasteiger partial charge in [0.05, 0.1) is 21.6 Å². The van der Waals surface area contributed by atoms with Gasteiger partial charge >= 0.3 is 6.18 Å². The number of hydrogen-bond donors (Lipinski definition) is 0. The lowest BCUT2D eigenvalue weighted by molar-refractivity contribution is -0.383. The van der Waals surface area contributed by atoms with E-state index >= 15 is 0 Å². The normalized spacial score (nSPS) is 21.8. The first-order valence-electron chi connectivity index (χ1n) is 11.5. The van der Waals surface area contributed by atoms with E-state index < -0.39 is 33.3 Å². The zero-order valence-electron chi connectivity index (χ0n) is 20.1. The number of fused-ring (bicyclic) bond motifs is 1. The summed E-state index contributed by atoms with van der Waals surface area (Å²) in [5.41, 5.74) is -1.83. The SMILES string of the molecule is CON=C1CCC(N(C)N2CCN(c3nc(=O)c4cc(C(F)(F)F)cc([N+](=O)[O-])c4s3)CC2C)CC1. The van der Waals surface area contributed by atoms with Gasteiger partial charge in [-0.05, 0) is 38.7 Å². The number of halogens is 3. The van der Waals surface area contributed by atoms with Gasteiger partial charge in [-0.1, -0.05) is 16.5 Å². The first kappa shape index (κ1) is 26.2. The van der Waals surface area contributed by atoms with Gasteiger partial charge in [-0.15, -0.1) is 0 Å². The standard InChI is InChI=1S/C22H27F3N6O4S/c1-13-12-29(8-9-30(13)28(2)16-6-4-15(5-7-16)27-35-3)21-26-20(32)17-10-14(22(23,24)25)11-18(31(33)34)19(17)36-21/h10-11,13,16H,4-9,12H2,1-3H3. The van der Waals surface area contributed by atoms with Crippen molar-refractivity contribution < 1.29 is 22.9 Å². The molecule has 1 aliphatic carbocycles. The van der Waals surface area contributed by atoms with Crippen LogP contribution in [-0.4, -0.2) is 71.5 Å². The maximum Gasteiger partial charge on any atom is 0.416 e. The van der Waals surface area contributed by atoms with E-state index in [0.717, 1.165) is 42.7 Å². The van der Waals surface area contributed by atoms with Crippen LogP contribution in [0.2, 0.25) is 0 Å². The van der Waals surface area contributed by atoms with Crippen molar-refractivity contribution in [2.75, 3.05) is 38.7 Å². The van der Waals surface area contributed by atoms with Gasteiger partial charge in [-0.2, -0.15) is 18.2 Å². The molecule has 2 aliphatic rings. The Kier molecular flexibility index (Phi) is 7.48. The van der Waals surface area contributed by atoms with Crippen molar-refractivity contribution in [2.24, 2.45) is 5.16 Å². The van der Waals surface area contributed by atoms with Gasteiger partial charge in [0.15, 0.2) is 5.13 Å². The van der Waals surface area contributed by atoms with Crippen LogP contribution in [0.4, 0.5) is 24.0 Å². The summed E-state index contributed by atoms with van der Waals surface area (Å²) < 4.78 is 39.6. The molecule has 36 heavy (non-hydrogen) atoms. The number of alkyl halides is 3. The number of anilines is 1. The van der Waals surface area contributed by atoms with Crippen LogP contribution < -0.4 is 10.5 Å². The topological polar surface area (TPSA) is 104 Å². The molecule has 1 saturated carbocycles. The molecule has 1 unspecified atom stereocenters. The number of nitro groups is 1. The fraction of sp³-hybridized carbons (Fsp3) is 0.591. The lowest BCUT2D eigenvalue weighted by Crippen LogP contribution is -2.60. The summed E-state index contributed by atoms with van der Waals surface area (Å²) in [5.74, 6) is 0. The van der Waals surface area contributed by atoms with E-state index in [1.165, 1.54) is 0 Å². The number of hydrazine groups is 1. The zero-order chi connectivity index (χ0) is 26.2. The fourth-order valence-electron chi connectivity index (χ4n) is 4.91. The fourth-order valence-corrected chi connectivity index (χ4v) is 6.01. The monoisotopic (exact) mass is 528 g/mol. The molecule has 2 aromatic rings. The summed E-state index contributed by atoms with van der Waals surface area (Å²) >= 11 is 0.875. The molecular formula is C22H27F3N6O4S. The molecule has 1 aromatic heterocycles. The summed E-state index contributed by atoms with van der Waals surface area (Å²) in [5, 5.41) is 20.0. The van der Waals surface area contributed by atoms with Gasteiger partial charge in [0.25, 0.3) is 11.2 Å². The molecule has 0 bridgehead atoms. The predicted octanol–water partition coefficient (Wildman–Crippen LogP) is 3.89. The third-order valence-corrected chi connectivity index (χ3v) is 7.93. The largest absolute Gasteiger partial charge is 0.416 e. The molecule has 0 spiro atoms. The molecule has 0 radical (unpaired) electrons. The van der Waals surface area contributed by atoms with Gasteiger partial charge in [0.2, 0.25) is 0 Å². The molecule has 0 amide bonds. The van der Waals surface area contributed by atoms with Crippen molar-refractivity contribution in [1.29, 1.82) is 0 Å². The van der Waals surface area contributed by atoms with E-state index in [1.807, 2.05) is 11.8 Å². The van der Waals surface area contributed by atoms with E-state index in [2.05, 4.69) is 27.2 Å². The summed E-state index contributed by atoms with van der Waals surface area (Å²) in [4.78, 5) is 34.1. The van der Waals surface area contributed by atoms with Crippen molar-refractivity contribution >= 4 is 38.0 Å². The molecular weight excluding hydrogens is 501 g/mol. The second-order valence-electron chi connectivity index (χ2n) is 9.03. The minimum atomic E-state index is -4.82. The van der Waals surface area contributed by atoms with Crippen LogP contribution in [0.3, 0.4) is 0 Å². The van der Waals surface area contributed by atoms with E-state index in [4.69, 9.17) is 4.84 Å². The van der Waals surface area contributed by atoms with E-state index in [9.17, 15) is 28.1 Å². The quantitative estimate of drug-likeness (QED) is 0.425. The molecule has 10 nitrogen and oxygen atoms in total. The van der Waals surface area contributed by atoms with Crippen molar-refractivity contribution in [3.63, 3.8) is 0 Å². The Morgan fingerprint density at radius 1 is 1.28 bits per heavy atom. The molecule has 1 saturated heterocycles. The highest BCUT2D eigenvalue weighted by Gasteiger charge is 2.35. The number of aromatic nitrogens is 1. The van der Waals surface area contributed by atoms with E-state index in [1.54, 1.807) is 7.11 Å². The van der Waals surface area contributed by atoms with Crippen LogP contribution in [0.15, 0.2) is 22.1 Å². The Hall–Kier alpha value is -2.84. The molecule has 2 heterocycles. The van der Waals surface area contributed by atoms with Crippen LogP contribution in [0.5, 0.6) is 0 Å². The number of hydrogen-bond acceptors (Lipinski definition) is 10. The molecule has 196 valence electrons. The number of oxime groups is 1. The van der Waals surface area contributed by atoms with Crippen LogP contribution in [-0.2, 0) is 11.0 Å². The molecule has 0 N–H and O–H groups in total. The molecule has 2 fully saturated rings. The predicted molar refractivity (Wildman–Crippen MR) is 130 cm³/mol. The van der Waals surface area contributed by atoms with Crippen molar-refractivity contribution in [1.82, 2.24) is 15.0 Å². The maximum atomic E-state index is 13.2. The Bertz CT molecular complexity index is 1230. The average Bonchev–Trinajstić information content (AvgIpc) is 2.83.